The average molecular weight is 387 g/mol. The summed E-state index contributed by atoms with van der Waals surface area (Å²) in [7, 11) is 0. The number of rotatable bonds is 2. The highest BCUT2D eigenvalue weighted by atomic mass is 32.1. The van der Waals surface area contributed by atoms with Crippen molar-refractivity contribution in [1.82, 2.24) is 9.88 Å². The number of nitrogens with zero attached hydrogens (tertiary/aromatic N) is 2. The van der Waals surface area contributed by atoms with Crippen LogP contribution in [-0.4, -0.2) is 33.5 Å². The van der Waals surface area contributed by atoms with Gasteiger partial charge in [-0.3, -0.25) is 4.79 Å². The van der Waals surface area contributed by atoms with Gasteiger partial charge in [0, 0.05) is 18.0 Å². The molecule has 2 aliphatic rings. The van der Waals surface area contributed by atoms with E-state index in [1.807, 2.05) is 38.3 Å². The van der Waals surface area contributed by atoms with Gasteiger partial charge in [-0.15, -0.1) is 11.3 Å². The summed E-state index contributed by atoms with van der Waals surface area (Å²) in [4.78, 5) is 19.7. The van der Waals surface area contributed by atoms with E-state index >= 15 is 0 Å². The number of fused-ring (bicyclic) bond motifs is 1. The standard InChI is InChI=1S/C20H24N2O2S.C2H6/c1-13-8-9-15(18(23)11-13)19-21-16(12-25-19)20(24)22-10-4-6-14-5-2-3-7-17(14)22;1-2/h8-9,11-12,14,17,23H,2-7,10H2,1H3;1-2H3. The number of carbonyl (C=O) groups excluding carboxylic acids is 1. The van der Waals surface area contributed by atoms with Crippen molar-refractivity contribution in [2.45, 2.75) is 65.3 Å². The first-order chi connectivity index (χ1) is 13.1. The van der Waals surface area contributed by atoms with Crippen molar-refractivity contribution < 1.29 is 9.90 Å². The second kappa shape index (κ2) is 8.87. The summed E-state index contributed by atoms with van der Waals surface area (Å²) >= 11 is 1.43. The minimum Gasteiger partial charge on any atom is -0.507 e. The zero-order valence-electron chi connectivity index (χ0n) is 16.6. The molecule has 0 spiro atoms. The summed E-state index contributed by atoms with van der Waals surface area (Å²) in [6, 6.07) is 5.95. The van der Waals surface area contributed by atoms with Crippen LogP contribution in [0.5, 0.6) is 5.75 Å². The highest BCUT2D eigenvalue weighted by Gasteiger charge is 2.36. The molecule has 2 atom stereocenters. The molecule has 1 saturated carbocycles. The quantitative estimate of drug-likeness (QED) is 0.726. The van der Waals surface area contributed by atoms with Gasteiger partial charge in [0.1, 0.15) is 16.5 Å². The Morgan fingerprint density at radius 2 is 1.93 bits per heavy atom. The summed E-state index contributed by atoms with van der Waals surface area (Å²) < 4.78 is 0. The fourth-order valence-corrected chi connectivity index (χ4v) is 5.17. The number of likely N-dealkylation sites (tertiary alicyclic amines) is 1. The number of carbonyl (C=O) groups is 1. The van der Waals surface area contributed by atoms with Crippen molar-refractivity contribution in [2.24, 2.45) is 5.92 Å². The maximum absolute atomic E-state index is 13.0. The predicted molar refractivity (Wildman–Crippen MR) is 111 cm³/mol. The van der Waals surface area contributed by atoms with Gasteiger partial charge in [0.05, 0.1) is 5.56 Å². The Labute approximate surface area is 166 Å². The molecule has 4 nitrogen and oxygen atoms in total. The van der Waals surface area contributed by atoms with Crippen LogP contribution in [0.15, 0.2) is 23.6 Å². The molecule has 1 aromatic heterocycles. The number of aryl methyl sites for hydroxylation is 1. The van der Waals surface area contributed by atoms with E-state index in [9.17, 15) is 9.90 Å². The van der Waals surface area contributed by atoms with Gasteiger partial charge in [-0.1, -0.05) is 32.8 Å². The van der Waals surface area contributed by atoms with Gasteiger partial charge in [0.2, 0.25) is 0 Å². The van der Waals surface area contributed by atoms with Crippen molar-refractivity contribution >= 4 is 17.2 Å². The van der Waals surface area contributed by atoms with E-state index in [4.69, 9.17) is 0 Å². The van der Waals surface area contributed by atoms with Crippen LogP contribution < -0.4 is 0 Å². The average Bonchev–Trinajstić information content (AvgIpc) is 3.18. The number of aromatic nitrogens is 1. The Hall–Kier alpha value is -1.88. The maximum Gasteiger partial charge on any atom is 0.273 e. The van der Waals surface area contributed by atoms with E-state index in [1.165, 1.54) is 37.0 Å². The summed E-state index contributed by atoms with van der Waals surface area (Å²) in [5, 5.41) is 12.7. The molecule has 2 unspecified atom stereocenters. The van der Waals surface area contributed by atoms with Crippen LogP contribution in [0.3, 0.4) is 0 Å². The highest BCUT2D eigenvalue weighted by Crippen LogP contribution is 2.37. The molecule has 1 aromatic carbocycles. The maximum atomic E-state index is 13.0. The summed E-state index contributed by atoms with van der Waals surface area (Å²) in [5.74, 6) is 0.954. The van der Waals surface area contributed by atoms with Crippen LogP contribution in [0, 0.1) is 12.8 Å². The van der Waals surface area contributed by atoms with Crippen molar-refractivity contribution in [3.05, 3.63) is 34.8 Å². The molecule has 2 aromatic rings. The van der Waals surface area contributed by atoms with Crippen LogP contribution in [0.2, 0.25) is 0 Å². The fourth-order valence-electron chi connectivity index (χ4n) is 4.34. The Morgan fingerprint density at radius 3 is 2.70 bits per heavy atom. The molecule has 27 heavy (non-hydrogen) atoms. The number of phenolic OH excluding ortho intramolecular Hbond substituents is 1. The summed E-state index contributed by atoms with van der Waals surface area (Å²) in [6.45, 7) is 6.79. The van der Waals surface area contributed by atoms with Crippen LogP contribution in [-0.2, 0) is 0 Å². The molecule has 1 amide bonds. The molecule has 0 bridgehead atoms. The Bertz CT molecular complexity index is 784. The van der Waals surface area contributed by atoms with Crippen molar-refractivity contribution in [1.29, 1.82) is 0 Å². The van der Waals surface area contributed by atoms with Gasteiger partial charge in [-0.25, -0.2) is 4.98 Å². The predicted octanol–water partition coefficient (Wildman–Crippen LogP) is 5.65. The highest BCUT2D eigenvalue weighted by molar-refractivity contribution is 7.13. The van der Waals surface area contributed by atoms with Gasteiger partial charge >= 0.3 is 0 Å². The Balaban J connectivity index is 0.00000102. The van der Waals surface area contributed by atoms with Crippen LogP contribution in [0.25, 0.3) is 10.6 Å². The van der Waals surface area contributed by atoms with E-state index < -0.39 is 0 Å². The molecule has 2 fully saturated rings. The van der Waals surface area contributed by atoms with E-state index in [1.54, 1.807) is 6.07 Å². The monoisotopic (exact) mass is 386 g/mol. The molecule has 2 heterocycles. The number of hydrogen-bond acceptors (Lipinski definition) is 4. The van der Waals surface area contributed by atoms with E-state index in [-0.39, 0.29) is 11.7 Å². The van der Waals surface area contributed by atoms with Crippen molar-refractivity contribution in [3.63, 3.8) is 0 Å². The van der Waals surface area contributed by atoms with Gasteiger partial charge in [-0.2, -0.15) is 0 Å². The Kier molecular flexibility index (Phi) is 6.53. The topological polar surface area (TPSA) is 53.4 Å². The van der Waals surface area contributed by atoms with Crippen molar-refractivity contribution in [3.8, 4) is 16.3 Å². The number of piperidine rings is 1. The fraction of sp³-hybridized carbons (Fsp3) is 0.545. The molecular weight excluding hydrogens is 356 g/mol. The van der Waals surface area contributed by atoms with Gasteiger partial charge < -0.3 is 10.0 Å². The first kappa shape index (κ1) is 19.9. The van der Waals surface area contributed by atoms with Gasteiger partial charge in [0.25, 0.3) is 5.91 Å². The van der Waals surface area contributed by atoms with Gasteiger partial charge in [0.15, 0.2) is 0 Å². The molecule has 1 aliphatic carbocycles. The third kappa shape index (κ3) is 4.18. The summed E-state index contributed by atoms with van der Waals surface area (Å²) in [5.41, 5.74) is 2.22. The largest absolute Gasteiger partial charge is 0.507 e. The lowest BCUT2D eigenvalue weighted by Crippen LogP contribution is -2.49. The zero-order valence-corrected chi connectivity index (χ0v) is 17.4. The van der Waals surface area contributed by atoms with Gasteiger partial charge in [-0.05, 0) is 56.2 Å². The summed E-state index contributed by atoms with van der Waals surface area (Å²) in [6.07, 6.45) is 7.28. The van der Waals surface area contributed by atoms with Crippen LogP contribution >= 0.6 is 11.3 Å². The first-order valence-corrected chi connectivity index (χ1v) is 11.1. The lowest BCUT2D eigenvalue weighted by Gasteiger charge is -2.43. The number of aromatic hydroxyl groups is 1. The number of thiazole rings is 1. The van der Waals surface area contributed by atoms with Crippen LogP contribution in [0.4, 0.5) is 0 Å². The van der Waals surface area contributed by atoms with E-state index in [2.05, 4.69) is 9.88 Å². The number of benzene rings is 1. The second-order valence-corrected chi connectivity index (χ2v) is 8.17. The minimum absolute atomic E-state index is 0.0608. The molecule has 1 N–H and O–H groups in total. The SMILES string of the molecule is CC.Cc1ccc(-c2nc(C(=O)N3CCCC4CCCCC43)cs2)c(O)c1. The van der Waals surface area contributed by atoms with E-state index in [0.717, 1.165) is 24.9 Å². The number of amides is 1. The lowest BCUT2D eigenvalue weighted by atomic mass is 9.78. The minimum atomic E-state index is 0.0608. The zero-order chi connectivity index (χ0) is 19.4. The lowest BCUT2D eigenvalue weighted by molar-refractivity contribution is 0.0386. The molecule has 1 aliphatic heterocycles. The van der Waals surface area contributed by atoms with Crippen LogP contribution in [0.1, 0.15) is 68.4 Å². The second-order valence-electron chi connectivity index (χ2n) is 7.31. The third-order valence-electron chi connectivity index (χ3n) is 5.61. The molecule has 4 rings (SSSR count). The smallest absolute Gasteiger partial charge is 0.273 e. The van der Waals surface area contributed by atoms with E-state index in [0.29, 0.717) is 28.2 Å². The first-order valence-electron chi connectivity index (χ1n) is 10.2. The third-order valence-corrected chi connectivity index (χ3v) is 6.49. The Morgan fingerprint density at radius 1 is 1.19 bits per heavy atom. The molecule has 5 heteroatoms. The number of phenols is 1. The normalized spacial score (nSPS) is 21.8. The molecule has 0 radical (unpaired) electrons. The molecular formula is C22H30N2O2S. The molecule has 146 valence electrons. The number of hydrogen-bond donors (Lipinski definition) is 1. The van der Waals surface area contributed by atoms with Crippen molar-refractivity contribution in [2.75, 3.05) is 6.54 Å². The molecule has 1 saturated heterocycles.